The molecule has 1 unspecified atom stereocenters. The summed E-state index contributed by atoms with van der Waals surface area (Å²) in [5, 5.41) is 8.00. The van der Waals surface area contributed by atoms with Gasteiger partial charge in [-0.15, -0.1) is 5.10 Å². The van der Waals surface area contributed by atoms with Crippen molar-refractivity contribution < 1.29 is 14.3 Å². The Labute approximate surface area is 181 Å². The minimum atomic E-state index is -0.447. The van der Waals surface area contributed by atoms with Gasteiger partial charge in [0.05, 0.1) is 24.9 Å². The number of carbonyl (C=O) groups excluding carboxylic acids is 1. The molecule has 0 amide bonds. The van der Waals surface area contributed by atoms with Crippen molar-refractivity contribution in [2.45, 2.75) is 33.2 Å². The number of anilines is 1. The van der Waals surface area contributed by atoms with Crippen LogP contribution in [0.15, 0.2) is 59.8 Å². The van der Waals surface area contributed by atoms with Gasteiger partial charge in [-0.3, -0.25) is 0 Å². The van der Waals surface area contributed by atoms with Crippen LogP contribution in [0, 0.1) is 0 Å². The van der Waals surface area contributed by atoms with E-state index in [2.05, 4.69) is 24.4 Å². The highest BCUT2D eigenvalue weighted by Crippen LogP contribution is 2.38. The zero-order valence-electron chi connectivity index (χ0n) is 18.2. The number of benzene rings is 2. The number of aryl methyl sites for hydroxylation is 1. The summed E-state index contributed by atoms with van der Waals surface area (Å²) in [4.78, 5) is 17.6. The quantitative estimate of drug-likeness (QED) is 0.599. The molecule has 160 valence electrons. The van der Waals surface area contributed by atoms with Crippen molar-refractivity contribution in [2.75, 3.05) is 19.0 Å². The summed E-state index contributed by atoms with van der Waals surface area (Å²) < 4.78 is 12.6. The third kappa shape index (κ3) is 3.79. The van der Waals surface area contributed by atoms with Gasteiger partial charge in [-0.25, -0.2) is 9.48 Å². The molecular weight excluding hydrogens is 392 g/mol. The van der Waals surface area contributed by atoms with Gasteiger partial charge in [0.2, 0.25) is 5.95 Å². The summed E-state index contributed by atoms with van der Waals surface area (Å²) >= 11 is 0. The molecule has 1 aliphatic heterocycles. The predicted octanol–water partition coefficient (Wildman–Crippen LogP) is 4.37. The number of allylic oxidation sites excluding steroid dienone is 1. The molecule has 0 saturated heterocycles. The molecule has 0 fully saturated rings. The molecule has 0 spiro atoms. The van der Waals surface area contributed by atoms with Crippen molar-refractivity contribution >= 4 is 11.9 Å². The molecule has 0 aliphatic carbocycles. The Balaban J connectivity index is 1.86. The Kier molecular flexibility index (Phi) is 5.75. The number of aromatic nitrogens is 3. The number of ether oxygens (including phenoxy) is 2. The lowest BCUT2D eigenvalue weighted by Crippen LogP contribution is -2.29. The molecule has 1 aromatic heterocycles. The van der Waals surface area contributed by atoms with Crippen molar-refractivity contribution in [2.24, 2.45) is 0 Å². The fraction of sp³-hybridized carbons (Fsp3) is 0.292. The Bertz CT molecular complexity index is 1130. The number of carbonyl (C=O) groups is 1. The zero-order chi connectivity index (χ0) is 22.0. The van der Waals surface area contributed by atoms with Gasteiger partial charge in [-0.05, 0) is 43.5 Å². The summed E-state index contributed by atoms with van der Waals surface area (Å²) in [6, 6.07) is 15.4. The third-order valence-corrected chi connectivity index (χ3v) is 5.40. The van der Waals surface area contributed by atoms with Gasteiger partial charge in [0.15, 0.2) is 5.82 Å². The van der Waals surface area contributed by atoms with E-state index in [0.717, 1.165) is 17.5 Å². The van der Waals surface area contributed by atoms with E-state index in [1.54, 1.807) is 18.7 Å². The summed E-state index contributed by atoms with van der Waals surface area (Å²) in [5.74, 6) is 1.41. The summed E-state index contributed by atoms with van der Waals surface area (Å²) in [5.41, 5.74) is 4.18. The summed E-state index contributed by atoms with van der Waals surface area (Å²) in [7, 11) is 1.62. The van der Waals surface area contributed by atoms with Crippen molar-refractivity contribution in [3.05, 3.63) is 70.9 Å². The number of rotatable bonds is 6. The topological polar surface area (TPSA) is 78.3 Å². The molecule has 4 rings (SSSR count). The molecule has 0 bridgehead atoms. The Hall–Kier alpha value is -3.61. The molecule has 3 aromatic rings. The Morgan fingerprint density at radius 3 is 2.55 bits per heavy atom. The van der Waals surface area contributed by atoms with E-state index < -0.39 is 6.04 Å². The number of methoxy groups -OCH3 is 1. The molecule has 31 heavy (non-hydrogen) atoms. The predicted molar refractivity (Wildman–Crippen MR) is 119 cm³/mol. The number of fused-ring (bicyclic) bond motifs is 1. The average molecular weight is 418 g/mol. The second kappa shape index (κ2) is 8.63. The van der Waals surface area contributed by atoms with Crippen molar-refractivity contribution in [1.29, 1.82) is 0 Å². The number of hydrogen-bond donors (Lipinski definition) is 1. The van der Waals surface area contributed by atoms with Crippen molar-refractivity contribution in [1.82, 2.24) is 14.8 Å². The minimum absolute atomic E-state index is 0.299. The lowest BCUT2D eigenvalue weighted by atomic mass is 9.95. The van der Waals surface area contributed by atoms with Crippen LogP contribution in [0.25, 0.3) is 11.4 Å². The first-order valence-corrected chi connectivity index (χ1v) is 10.4. The molecule has 2 aromatic carbocycles. The number of hydrogen-bond acceptors (Lipinski definition) is 6. The second-order valence-electron chi connectivity index (χ2n) is 7.29. The maximum atomic E-state index is 12.9. The van der Waals surface area contributed by atoms with Gasteiger partial charge in [-0.2, -0.15) is 4.98 Å². The van der Waals surface area contributed by atoms with Gasteiger partial charge < -0.3 is 14.8 Å². The van der Waals surface area contributed by atoms with E-state index in [0.29, 0.717) is 35.4 Å². The molecule has 0 radical (unpaired) electrons. The largest absolute Gasteiger partial charge is 0.496 e. The Morgan fingerprint density at radius 1 is 1.13 bits per heavy atom. The second-order valence-corrected chi connectivity index (χ2v) is 7.29. The van der Waals surface area contributed by atoms with Gasteiger partial charge in [0.1, 0.15) is 11.8 Å². The molecule has 1 aliphatic rings. The van der Waals surface area contributed by atoms with E-state index in [1.807, 2.05) is 43.3 Å². The molecule has 7 nitrogen and oxygen atoms in total. The van der Waals surface area contributed by atoms with Crippen molar-refractivity contribution in [3.8, 4) is 17.1 Å². The van der Waals surface area contributed by atoms with E-state index in [4.69, 9.17) is 19.6 Å². The van der Waals surface area contributed by atoms with Crippen molar-refractivity contribution in [3.63, 3.8) is 0 Å². The number of esters is 1. The number of nitrogens with zero attached hydrogens (tertiary/aromatic N) is 3. The van der Waals surface area contributed by atoms with Crippen LogP contribution in [-0.2, 0) is 16.0 Å². The van der Waals surface area contributed by atoms with Crippen LogP contribution in [0.1, 0.15) is 37.9 Å². The van der Waals surface area contributed by atoms with E-state index in [1.165, 1.54) is 5.56 Å². The maximum absolute atomic E-state index is 12.9. The molecule has 0 saturated carbocycles. The SMILES string of the molecule is CCOC(=O)C1=C(C)Nc2nc(-c3ccccc3OC)nn2C1c1ccc(CC)cc1. The fourth-order valence-electron chi connectivity index (χ4n) is 3.81. The highest BCUT2D eigenvalue weighted by Gasteiger charge is 2.35. The van der Waals surface area contributed by atoms with Gasteiger partial charge in [-0.1, -0.05) is 43.3 Å². The van der Waals surface area contributed by atoms with Gasteiger partial charge in [0, 0.05) is 5.70 Å². The first kappa shape index (κ1) is 20.7. The highest BCUT2D eigenvalue weighted by molar-refractivity contribution is 5.92. The smallest absolute Gasteiger partial charge is 0.338 e. The first-order valence-electron chi connectivity index (χ1n) is 10.4. The lowest BCUT2D eigenvalue weighted by Gasteiger charge is -2.28. The fourth-order valence-corrected chi connectivity index (χ4v) is 3.81. The monoisotopic (exact) mass is 418 g/mol. The summed E-state index contributed by atoms with van der Waals surface area (Å²) in [6.45, 7) is 6.08. The summed E-state index contributed by atoms with van der Waals surface area (Å²) in [6.07, 6.45) is 0.943. The van der Waals surface area contributed by atoms with Crippen LogP contribution in [0.2, 0.25) is 0 Å². The highest BCUT2D eigenvalue weighted by atomic mass is 16.5. The van der Waals surface area contributed by atoms with Crippen LogP contribution < -0.4 is 10.1 Å². The standard InChI is InChI=1S/C24H26N4O3/c1-5-16-11-13-17(14-12-16)21-20(23(29)31-6-2)15(3)25-24-26-22(27-28(21)24)18-9-7-8-10-19(18)30-4/h7-14,21H,5-6H2,1-4H3,(H,25,26,27). The first-order chi connectivity index (χ1) is 15.1. The minimum Gasteiger partial charge on any atom is -0.496 e. The number of nitrogens with one attached hydrogen (secondary N) is 1. The zero-order valence-corrected chi connectivity index (χ0v) is 18.2. The molecular formula is C24H26N4O3. The van der Waals surface area contributed by atoms with Crippen LogP contribution in [-0.4, -0.2) is 34.5 Å². The Morgan fingerprint density at radius 2 is 1.87 bits per heavy atom. The molecule has 1 atom stereocenters. The van der Waals surface area contributed by atoms with E-state index in [9.17, 15) is 4.79 Å². The normalized spacial score (nSPS) is 15.3. The maximum Gasteiger partial charge on any atom is 0.338 e. The average Bonchev–Trinajstić information content (AvgIpc) is 3.21. The van der Waals surface area contributed by atoms with E-state index in [-0.39, 0.29) is 5.97 Å². The van der Waals surface area contributed by atoms with Crippen LogP contribution in [0.3, 0.4) is 0 Å². The van der Waals surface area contributed by atoms with E-state index >= 15 is 0 Å². The van der Waals surface area contributed by atoms with Crippen LogP contribution in [0.4, 0.5) is 5.95 Å². The van der Waals surface area contributed by atoms with Gasteiger partial charge >= 0.3 is 5.97 Å². The van der Waals surface area contributed by atoms with Crippen LogP contribution >= 0.6 is 0 Å². The molecule has 7 heteroatoms. The third-order valence-electron chi connectivity index (χ3n) is 5.40. The molecule has 2 heterocycles. The molecule has 1 N–H and O–H groups in total. The van der Waals surface area contributed by atoms with Crippen LogP contribution in [0.5, 0.6) is 5.75 Å². The number of para-hydroxylation sites is 1. The van der Waals surface area contributed by atoms with Gasteiger partial charge in [0.25, 0.3) is 0 Å². The lowest BCUT2D eigenvalue weighted by molar-refractivity contribution is -0.139.